The normalized spacial score (nSPS) is 14.1. The van der Waals surface area contributed by atoms with Gasteiger partial charge in [-0.15, -0.1) is 0 Å². The van der Waals surface area contributed by atoms with E-state index in [9.17, 15) is 9.59 Å². The van der Waals surface area contributed by atoms with Crippen molar-refractivity contribution in [3.63, 3.8) is 0 Å². The molecule has 4 nitrogen and oxygen atoms in total. The average Bonchev–Trinajstić information content (AvgIpc) is 2.84. The average molecular weight is 305 g/mol. The van der Waals surface area contributed by atoms with Gasteiger partial charge < -0.3 is 4.74 Å². The Bertz CT molecular complexity index is 810. The molecule has 1 aliphatic heterocycles. The monoisotopic (exact) mass is 305 g/mol. The van der Waals surface area contributed by atoms with Crippen LogP contribution in [0.15, 0.2) is 48.5 Å². The molecule has 0 fully saturated rings. The van der Waals surface area contributed by atoms with Crippen molar-refractivity contribution in [3.05, 3.63) is 65.2 Å². The van der Waals surface area contributed by atoms with Crippen LogP contribution in [0.4, 0.5) is 0 Å². The summed E-state index contributed by atoms with van der Waals surface area (Å²) in [5.74, 6) is 6.08. The first-order chi connectivity index (χ1) is 11.1. The van der Waals surface area contributed by atoms with E-state index in [4.69, 9.17) is 4.74 Å². The second-order valence-corrected chi connectivity index (χ2v) is 5.20. The van der Waals surface area contributed by atoms with Crippen LogP contribution in [0.3, 0.4) is 0 Å². The second-order valence-electron chi connectivity index (χ2n) is 5.20. The smallest absolute Gasteiger partial charge is 0.262 e. The molecule has 0 spiro atoms. The van der Waals surface area contributed by atoms with Gasteiger partial charge >= 0.3 is 0 Å². The Balaban J connectivity index is 1.85. The molecule has 4 heteroatoms. The summed E-state index contributed by atoms with van der Waals surface area (Å²) in [5.41, 5.74) is 1.65. The number of fused-ring (bicyclic) bond motifs is 1. The molecule has 1 aliphatic rings. The Morgan fingerprint density at radius 3 is 2.26 bits per heavy atom. The molecule has 0 N–H and O–H groups in total. The summed E-state index contributed by atoms with van der Waals surface area (Å²) in [6, 6.07) is 13.7. The van der Waals surface area contributed by atoms with Gasteiger partial charge in [-0.05, 0) is 37.3 Å². The molecule has 1 atom stereocenters. The van der Waals surface area contributed by atoms with Gasteiger partial charge in [-0.1, -0.05) is 30.0 Å². The molecule has 3 rings (SSSR count). The molecule has 0 aromatic heterocycles. The van der Waals surface area contributed by atoms with Crippen molar-refractivity contribution >= 4 is 11.8 Å². The highest BCUT2D eigenvalue weighted by atomic mass is 16.5. The zero-order chi connectivity index (χ0) is 16.4. The summed E-state index contributed by atoms with van der Waals surface area (Å²) >= 11 is 0. The van der Waals surface area contributed by atoms with Crippen molar-refractivity contribution < 1.29 is 14.3 Å². The summed E-state index contributed by atoms with van der Waals surface area (Å²) in [6.07, 6.45) is 0. The quantitative estimate of drug-likeness (QED) is 0.633. The summed E-state index contributed by atoms with van der Waals surface area (Å²) < 4.78 is 5.15. The largest absolute Gasteiger partial charge is 0.497 e. The van der Waals surface area contributed by atoms with Crippen LogP contribution in [-0.2, 0) is 0 Å². The first kappa shape index (κ1) is 14.9. The standard InChI is InChI=1S/C19H15NO3/c1-13(10-11-14-6-5-7-15(12-14)23-2)20-18(21)16-8-3-4-9-17(16)19(20)22/h3-9,12-13H,1-2H3. The second kappa shape index (κ2) is 5.98. The number of hydrogen-bond acceptors (Lipinski definition) is 3. The van der Waals surface area contributed by atoms with Gasteiger partial charge in [0.05, 0.1) is 24.3 Å². The van der Waals surface area contributed by atoms with E-state index in [1.807, 2.05) is 24.3 Å². The first-order valence-electron chi connectivity index (χ1n) is 7.24. The fourth-order valence-electron chi connectivity index (χ4n) is 2.51. The number of amides is 2. The van der Waals surface area contributed by atoms with Crippen molar-refractivity contribution in [1.82, 2.24) is 4.90 Å². The SMILES string of the molecule is COc1cccc(C#CC(C)N2C(=O)c3ccccc3C2=O)c1. The van der Waals surface area contributed by atoms with Gasteiger partial charge in [0, 0.05) is 5.56 Å². The minimum Gasteiger partial charge on any atom is -0.497 e. The van der Waals surface area contributed by atoms with E-state index in [0.717, 1.165) is 5.56 Å². The molecule has 0 aliphatic carbocycles. The number of rotatable bonds is 2. The van der Waals surface area contributed by atoms with E-state index in [1.165, 1.54) is 4.90 Å². The van der Waals surface area contributed by atoms with Crippen molar-refractivity contribution in [2.24, 2.45) is 0 Å². The molecule has 0 saturated carbocycles. The van der Waals surface area contributed by atoms with Gasteiger partial charge in [0.15, 0.2) is 0 Å². The van der Waals surface area contributed by atoms with E-state index < -0.39 is 6.04 Å². The van der Waals surface area contributed by atoms with Crippen LogP contribution in [-0.4, -0.2) is 29.9 Å². The van der Waals surface area contributed by atoms with Crippen LogP contribution >= 0.6 is 0 Å². The lowest BCUT2D eigenvalue weighted by atomic mass is 10.1. The molecule has 2 aromatic rings. The molecule has 0 bridgehead atoms. The zero-order valence-corrected chi connectivity index (χ0v) is 12.9. The van der Waals surface area contributed by atoms with E-state index in [-0.39, 0.29) is 11.8 Å². The Kier molecular flexibility index (Phi) is 3.86. The number of hydrogen-bond donors (Lipinski definition) is 0. The number of methoxy groups -OCH3 is 1. The Labute approximate surface area is 134 Å². The van der Waals surface area contributed by atoms with Crippen LogP contribution in [0.1, 0.15) is 33.2 Å². The van der Waals surface area contributed by atoms with Crippen LogP contribution in [0, 0.1) is 11.8 Å². The fourth-order valence-corrected chi connectivity index (χ4v) is 2.51. The number of benzene rings is 2. The van der Waals surface area contributed by atoms with Crippen molar-refractivity contribution in [2.75, 3.05) is 7.11 Å². The first-order valence-corrected chi connectivity index (χ1v) is 7.24. The van der Waals surface area contributed by atoms with E-state index in [1.54, 1.807) is 38.3 Å². The molecular formula is C19H15NO3. The van der Waals surface area contributed by atoms with Crippen LogP contribution in [0.5, 0.6) is 5.75 Å². The number of ether oxygens (including phenoxy) is 1. The summed E-state index contributed by atoms with van der Waals surface area (Å²) in [6.45, 7) is 1.74. The Morgan fingerprint density at radius 1 is 1.00 bits per heavy atom. The van der Waals surface area contributed by atoms with Crippen molar-refractivity contribution in [1.29, 1.82) is 0 Å². The Hall–Kier alpha value is -3.06. The topological polar surface area (TPSA) is 46.6 Å². The number of carbonyl (C=O) groups is 2. The maximum absolute atomic E-state index is 12.4. The van der Waals surface area contributed by atoms with E-state index in [0.29, 0.717) is 16.9 Å². The third-order valence-corrected chi connectivity index (χ3v) is 3.71. The van der Waals surface area contributed by atoms with Crippen LogP contribution < -0.4 is 4.74 Å². The van der Waals surface area contributed by atoms with Crippen molar-refractivity contribution in [2.45, 2.75) is 13.0 Å². The van der Waals surface area contributed by atoms with Crippen molar-refractivity contribution in [3.8, 4) is 17.6 Å². The molecular weight excluding hydrogens is 290 g/mol. The van der Waals surface area contributed by atoms with Gasteiger partial charge in [-0.2, -0.15) is 0 Å². The molecule has 2 amide bonds. The minimum atomic E-state index is -0.506. The van der Waals surface area contributed by atoms with Crippen LogP contribution in [0.2, 0.25) is 0 Å². The number of nitrogens with zero attached hydrogens (tertiary/aromatic N) is 1. The molecule has 1 heterocycles. The summed E-state index contributed by atoms with van der Waals surface area (Å²) in [7, 11) is 1.59. The van der Waals surface area contributed by atoms with E-state index >= 15 is 0 Å². The van der Waals surface area contributed by atoms with E-state index in [2.05, 4.69) is 11.8 Å². The number of imide groups is 1. The predicted octanol–water partition coefficient (Wildman–Crippen LogP) is 2.73. The maximum atomic E-state index is 12.4. The maximum Gasteiger partial charge on any atom is 0.262 e. The Morgan fingerprint density at radius 2 is 1.65 bits per heavy atom. The number of carbonyl (C=O) groups excluding carboxylic acids is 2. The zero-order valence-electron chi connectivity index (χ0n) is 12.9. The third-order valence-electron chi connectivity index (χ3n) is 3.71. The highest BCUT2D eigenvalue weighted by Gasteiger charge is 2.37. The molecule has 114 valence electrons. The summed E-state index contributed by atoms with van der Waals surface area (Å²) in [5, 5.41) is 0. The molecule has 0 saturated heterocycles. The lowest BCUT2D eigenvalue weighted by Gasteiger charge is -2.17. The lowest BCUT2D eigenvalue weighted by Crippen LogP contribution is -2.37. The third kappa shape index (κ3) is 2.69. The van der Waals surface area contributed by atoms with Gasteiger partial charge in [0.25, 0.3) is 11.8 Å². The fraction of sp³-hybridized carbons (Fsp3) is 0.158. The highest BCUT2D eigenvalue weighted by molar-refractivity contribution is 6.21. The predicted molar refractivity (Wildman–Crippen MR) is 86.3 cm³/mol. The highest BCUT2D eigenvalue weighted by Crippen LogP contribution is 2.24. The molecule has 0 radical (unpaired) electrons. The van der Waals surface area contributed by atoms with Gasteiger partial charge in [-0.25, -0.2) is 0 Å². The molecule has 2 aromatic carbocycles. The summed E-state index contributed by atoms with van der Waals surface area (Å²) in [4.78, 5) is 26.0. The minimum absolute atomic E-state index is 0.293. The molecule has 1 unspecified atom stereocenters. The van der Waals surface area contributed by atoms with Gasteiger partial charge in [0.2, 0.25) is 0 Å². The lowest BCUT2D eigenvalue weighted by molar-refractivity contribution is 0.0630. The van der Waals surface area contributed by atoms with Gasteiger partial charge in [0.1, 0.15) is 5.75 Å². The van der Waals surface area contributed by atoms with Gasteiger partial charge in [-0.3, -0.25) is 14.5 Å². The molecule has 23 heavy (non-hydrogen) atoms. The van der Waals surface area contributed by atoms with Crippen LogP contribution in [0.25, 0.3) is 0 Å².